The molecule has 84 valence electrons. The highest BCUT2D eigenvalue weighted by molar-refractivity contribution is 7.13. The van der Waals surface area contributed by atoms with Crippen molar-refractivity contribution in [1.29, 1.82) is 0 Å². The molecule has 2 rings (SSSR count). The molecule has 5 heteroatoms. The molecule has 2 aromatic heterocycles. The molecular formula is C11H12N2O2S. The van der Waals surface area contributed by atoms with Gasteiger partial charge in [0.05, 0.1) is 10.6 Å². The Morgan fingerprint density at radius 2 is 2.25 bits per heavy atom. The van der Waals surface area contributed by atoms with Gasteiger partial charge in [0.25, 0.3) is 5.56 Å². The summed E-state index contributed by atoms with van der Waals surface area (Å²) >= 11 is 1.52. The highest BCUT2D eigenvalue weighted by Crippen LogP contribution is 2.22. The summed E-state index contributed by atoms with van der Waals surface area (Å²) in [6.45, 7) is 2.61. The van der Waals surface area contributed by atoms with Crippen molar-refractivity contribution in [2.24, 2.45) is 0 Å². The van der Waals surface area contributed by atoms with Crippen LogP contribution in [0.4, 0.5) is 0 Å². The topological polar surface area (TPSA) is 54.9 Å². The first-order chi connectivity index (χ1) is 7.72. The van der Waals surface area contributed by atoms with Gasteiger partial charge in [-0.1, -0.05) is 13.0 Å². The molecule has 16 heavy (non-hydrogen) atoms. The van der Waals surface area contributed by atoms with Crippen LogP contribution in [0.15, 0.2) is 33.2 Å². The van der Waals surface area contributed by atoms with Gasteiger partial charge in [-0.05, 0) is 17.9 Å². The minimum atomic E-state index is -0.347. The number of aromatic amines is 1. The fraction of sp³-hybridized carbons (Fsp3) is 0.273. The van der Waals surface area contributed by atoms with E-state index in [-0.39, 0.29) is 11.2 Å². The molecule has 0 spiro atoms. The van der Waals surface area contributed by atoms with Gasteiger partial charge in [0.2, 0.25) is 0 Å². The van der Waals surface area contributed by atoms with Crippen molar-refractivity contribution < 1.29 is 0 Å². The quantitative estimate of drug-likeness (QED) is 0.881. The Morgan fingerprint density at radius 3 is 2.88 bits per heavy atom. The van der Waals surface area contributed by atoms with E-state index in [0.717, 1.165) is 11.3 Å². The van der Waals surface area contributed by atoms with Crippen LogP contribution >= 0.6 is 11.3 Å². The second kappa shape index (κ2) is 4.49. The van der Waals surface area contributed by atoms with Crippen molar-refractivity contribution in [2.45, 2.75) is 19.9 Å². The van der Waals surface area contributed by atoms with Crippen LogP contribution in [0.25, 0.3) is 10.6 Å². The van der Waals surface area contributed by atoms with E-state index < -0.39 is 0 Å². The summed E-state index contributed by atoms with van der Waals surface area (Å²) in [5, 5.41) is 1.93. The molecule has 0 atom stereocenters. The molecule has 0 aliphatic heterocycles. The van der Waals surface area contributed by atoms with Gasteiger partial charge < -0.3 is 0 Å². The second-order valence-corrected chi connectivity index (χ2v) is 4.40. The highest BCUT2D eigenvalue weighted by Gasteiger charge is 2.08. The third kappa shape index (κ3) is 1.99. The molecule has 2 aromatic rings. The van der Waals surface area contributed by atoms with Crippen LogP contribution in [0, 0.1) is 0 Å². The first-order valence-corrected chi connectivity index (χ1v) is 5.98. The van der Waals surface area contributed by atoms with Gasteiger partial charge in [0.1, 0.15) is 0 Å². The molecule has 4 nitrogen and oxygen atoms in total. The monoisotopic (exact) mass is 236 g/mol. The summed E-state index contributed by atoms with van der Waals surface area (Å²) in [6, 6.07) is 5.29. The summed E-state index contributed by atoms with van der Waals surface area (Å²) in [4.78, 5) is 26.2. The number of nitrogens with one attached hydrogen (secondary N) is 1. The lowest BCUT2D eigenvalue weighted by Gasteiger charge is -2.08. The van der Waals surface area contributed by atoms with Gasteiger partial charge >= 0.3 is 5.69 Å². The maximum atomic E-state index is 11.7. The van der Waals surface area contributed by atoms with E-state index in [1.54, 1.807) is 4.57 Å². The Morgan fingerprint density at radius 1 is 1.44 bits per heavy atom. The molecule has 1 N–H and O–H groups in total. The minimum absolute atomic E-state index is 0.335. The van der Waals surface area contributed by atoms with E-state index in [9.17, 15) is 9.59 Å². The third-order valence-electron chi connectivity index (χ3n) is 2.25. The maximum Gasteiger partial charge on any atom is 0.328 e. The van der Waals surface area contributed by atoms with E-state index in [1.807, 2.05) is 24.4 Å². The van der Waals surface area contributed by atoms with Gasteiger partial charge in [0, 0.05) is 12.6 Å². The number of rotatable bonds is 3. The number of H-pyrrole nitrogens is 1. The Kier molecular flexibility index (Phi) is 3.05. The number of thiophene rings is 1. The molecule has 0 radical (unpaired) electrons. The van der Waals surface area contributed by atoms with Crippen LogP contribution in [0.3, 0.4) is 0 Å². The summed E-state index contributed by atoms with van der Waals surface area (Å²) in [5.41, 5.74) is 0.0177. The SMILES string of the molecule is CCCn1c(-c2cccs2)cc(=O)[nH]c1=O. The molecule has 0 unspecified atom stereocenters. The molecular weight excluding hydrogens is 224 g/mol. The number of hydrogen-bond acceptors (Lipinski definition) is 3. The van der Waals surface area contributed by atoms with Crippen molar-refractivity contribution in [1.82, 2.24) is 9.55 Å². The number of nitrogens with zero attached hydrogens (tertiary/aromatic N) is 1. The fourth-order valence-corrected chi connectivity index (χ4v) is 2.35. The van der Waals surface area contributed by atoms with Crippen LogP contribution in [-0.2, 0) is 6.54 Å². The van der Waals surface area contributed by atoms with Gasteiger partial charge in [0.15, 0.2) is 0 Å². The number of hydrogen-bond donors (Lipinski definition) is 1. The zero-order valence-corrected chi connectivity index (χ0v) is 9.71. The first kappa shape index (κ1) is 10.9. The average molecular weight is 236 g/mol. The summed E-state index contributed by atoms with van der Waals surface area (Å²) in [7, 11) is 0. The largest absolute Gasteiger partial charge is 0.328 e. The Bertz CT molecular complexity index is 581. The lowest BCUT2D eigenvalue weighted by atomic mass is 10.3. The third-order valence-corrected chi connectivity index (χ3v) is 3.15. The van der Waals surface area contributed by atoms with Gasteiger partial charge in [-0.2, -0.15) is 0 Å². The molecule has 0 aromatic carbocycles. The summed E-state index contributed by atoms with van der Waals surface area (Å²) < 4.78 is 1.60. The zero-order valence-electron chi connectivity index (χ0n) is 8.90. The Labute approximate surface area is 96.2 Å². The van der Waals surface area contributed by atoms with Crippen LogP contribution in [-0.4, -0.2) is 9.55 Å². The molecule has 0 amide bonds. The molecule has 0 fully saturated rings. The van der Waals surface area contributed by atoms with E-state index in [4.69, 9.17) is 0 Å². The van der Waals surface area contributed by atoms with Gasteiger partial charge in [-0.15, -0.1) is 11.3 Å². The van der Waals surface area contributed by atoms with Crippen LogP contribution in [0.1, 0.15) is 13.3 Å². The fourth-order valence-electron chi connectivity index (χ4n) is 1.59. The van der Waals surface area contributed by atoms with Gasteiger partial charge in [-0.3, -0.25) is 14.3 Å². The van der Waals surface area contributed by atoms with Crippen molar-refractivity contribution in [3.8, 4) is 10.6 Å². The predicted molar refractivity (Wildman–Crippen MR) is 64.9 cm³/mol. The second-order valence-electron chi connectivity index (χ2n) is 3.45. The van der Waals surface area contributed by atoms with Crippen LogP contribution in [0.5, 0.6) is 0 Å². The van der Waals surface area contributed by atoms with Crippen LogP contribution in [0.2, 0.25) is 0 Å². The van der Waals surface area contributed by atoms with E-state index >= 15 is 0 Å². The molecule has 0 saturated heterocycles. The zero-order chi connectivity index (χ0) is 11.5. The van der Waals surface area contributed by atoms with Gasteiger partial charge in [-0.25, -0.2) is 4.79 Å². The van der Waals surface area contributed by atoms with E-state index in [2.05, 4.69) is 4.98 Å². The number of aromatic nitrogens is 2. The summed E-state index contributed by atoms with van der Waals surface area (Å²) in [6.07, 6.45) is 0.852. The molecule has 0 saturated carbocycles. The van der Waals surface area contributed by atoms with E-state index in [0.29, 0.717) is 12.2 Å². The highest BCUT2D eigenvalue weighted by atomic mass is 32.1. The smallest absolute Gasteiger partial charge is 0.293 e. The van der Waals surface area contributed by atoms with Crippen molar-refractivity contribution in [3.63, 3.8) is 0 Å². The summed E-state index contributed by atoms with van der Waals surface area (Å²) in [5.74, 6) is 0. The Hall–Kier alpha value is -1.62. The van der Waals surface area contributed by atoms with E-state index in [1.165, 1.54) is 17.4 Å². The standard InChI is InChI=1S/C11H12N2O2S/c1-2-5-13-8(9-4-3-6-16-9)7-10(14)12-11(13)15/h3-4,6-7H,2,5H2,1H3,(H,12,14,15). The van der Waals surface area contributed by atoms with Crippen LogP contribution < -0.4 is 11.2 Å². The first-order valence-electron chi connectivity index (χ1n) is 5.10. The minimum Gasteiger partial charge on any atom is -0.293 e. The van der Waals surface area contributed by atoms with Crippen molar-refractivity contribution >= 4 is 11.3 Å². The van der Waals surface area contributed by atoms with Crippen molar-refractivity contribution in [3.05, 3.63) is 44.4 Å². The normalized spacial score (nSPS) is 10.6. The molecule has 2 heterocycles. The average Bonchev–Trinajstić information content (AvgIpc) is 2.75. The lowest BCUT2D eigenvalue weighted by molar-refractivity contribution is 0.640. The maximum absolute atomic E-state index is 11.7. The predicted octanol–water partition coefficient (Wildman–Crippen LogP) is 1.68. The Balaban J connectivity index is 2.67. The molecule has 0 aliphatic carbocycles. The molecule has 0 bridgehead atoms. The lowest BCUT2D eigenvalue weighted by Crippen LogP contribution is -2.30. The molecule has 0 aliphatic rings. The van der Waals surface area contributed by atoms with Crippen molar-refractivity contribution in [2.75, 3.05) is 0 Å².